The van der Waals surface area contributed by atoms with E-state index in [2.05, 4.69) is 31.7 Å². The van der Waals surface area contributed by atoms with Crippen molar-refractivity contribution >= 4 is 16.7 Å². The van der Waals surface area contributed by atoms with Crippen molar-refractivity contribution in [1.29, 1.82) is 0 Å². The second kappa shape index (κ2) is 7.96. The molecule has 1 aromatic carbocycles. The van der Waals surface area contributed by atoms with Crippen molar-refractivity contribution in [2.45, 2.75) is 18.9 Å². The molecule has 2 aromatic heterocycles. The highest BCUT2D eigenvalue weighted by atomic mass is 19.1. The minimum atomic E-state index is -0.576. The number of hydrogen-bond acceptors (Lipinski definition) is 4. The van der Waals surface area contributed by atoms with Gasteiger partial charge in [-0.2, -0.15) is 0 Å². The Bertz CT molecular complexity index is 1010. The van der Waals surface area contributed by atoms with Crippen LogP contribution in [0.2, 0.25) is 0 Å². The van der Waals surface area contributed by atoms with Crippen molar-refractivity contribution < 1.29 is 8.78 Å². The number of piperazine rings is 1. The number of aromatic nitrogens is 2. The lowest BCUT2D eigenvalue weighted by molar-refractivity contribution is 0.0981. The number of benzene rings is 1. The summed E-state index contributed by atoms with van der Waals surface area (Å²) in [5, 5.41) is 0.996. The van der Waals surface area contributed by atoms with E-state index in [0.29, 0.717) is 17.3 Å². The smallest absolute Gasteiger partial charge is 0.137 e. The highest BCUT2D eigenvalue weighted by Crippen LogP contribution is 2.32. The predicted molar refractivity (Wildman–Crippen MR) is 116 cm³/mol. The minimum absolute atomic E-state index is 0.503. The topological polar surface area (TPSA) is 38.4 Å². The molecule has 0 amide bonds. The number of anilines is 1. The molecule has 2 saturated heterocycles. The average Bonchev–Trinajstić information content (AvgIpc) is 3.18. The zero-order chi connectivity index (χ0) is 20.7. The van der Waals surface area contributed by atoms with Crippen molar-refractivity contribution in [2.24, 2.45) is 0 Å². The van der Waals surface area contributed by atoms with E-state index in [1.807, 2.05) is 12.1 Å². The fourth-order valence-electron chi connectivity index (χ4n) is 4.79. The van der Waals surface area contributed by atoms with Gasteiger partial charge in [-0.15, -0.1) is 0 Å². The second-order valence-corrected chi connectivity index (χ2v) is 8.49. The van der Waals surface area contributed by atoms with Crippen LogP contribution in [0, 0.1) is 11.6 Å². The Morgan fingerprint density at radius 3 is 2.33 bits per heavy atom. The van der Waals surface area contributed by atoms with Gasteiger partial charge < -0.3 is 14.8 Å². The van der Waals surface area contributed by atoms with Gasteiger partial charge >= 0.3 is 0 Å². The molecule has 7 heteroatoms. The summed E-state index contributed by atoms with van der Waals surface area (Å²) < 4.78 is 27.3. The van der Waals surface area contributed by atoms with Crippen LogP contribution in [0.4, 0.5) is 14.6 Å². The summed E-state index contributed by atoms with van der Waals surface area (Å²) in [7, 11) is 2.19. The lowest BCUT2D eigenvalue weighted by Gasteiger charge is -2.42. The molecule has 0 aliphatic carbocycles. The van der Waals surface area contributed by atoms with Crippen LogP contribution in [0.1, 0.15) is 12.8 Å². The summed E-state index contributed by atoms with van der Waals surface area (Å²) in [6, 6.07) is 8.10. The van der Waals surface area contributed by atoms with Crippen molar-refractivity contribution in [3.63, 3.8) is 0 Å². The highest BCUT2D eigenvalue weighted by molar-refractivity contribution is 5.94. The molecule has 4 heterocycles. The van der Waals surface area contributed by atoms with Crippen LogP contribution in [0.5, 0.6) is 0 Å². The standard InChI is InChI=1S/C23H27F2N5/c1-28-8-10-29(11-9-28)19-3-6-30(7-4-19)23-20-15-22(27-21(20)2-5-26-23)16-12-17(24)14-18(25)13-16/h2,5,12-15,19,27H,3-4,6-11H2,1H3. The summed E-state index contributed by atoms with van der Waals surface area (Å²) in [4.78, 5) is 15.3. The van der Waals surface area contributed by atoms with Gasteiger partial charge in [0.2, 0.25) is 0 Å². The Hall–Kier alpha value is -2.51. The summed E-state index contributed by atoms with van der Waals surface area (Å²) in [5.74, 6) is -0.204. The number of nitrogens with one attached hydrogen (secondary N) is 1. The maximum absolute atomic E-state index is 13.7. The number of likely N-dealkylation sites (N-methyl/N-ethyl adjacent to an activating group) is 1. The van der Waals surface area contributed by atoms with Gasteiger partial charge in [-0.05, 0) is 44.2 Å². The van der Waals surface area contributed by atoms with E-state index in [4.69, 9.17) is 0 Å². The van der Waals surface area contributed by atoms with Crippen LogP contribution in [0.3, 0.4) is 0 Å². The van der Waals surface area contributed by atoms with Gasteiger partial charge in [-0.25, -0.2) is 13.8 Å². The molecular formula is C23H27F2N5. The lowest BCUT2D eigenvalue weighted by Crippen LogP contribution is -2.52. The zero-order valence-electron chi connectivity index (χ0n) is 17.2. The molecule has 0 unspecified atom stereocenters. The maximum Gasteiger partial charge on any atom is 0.137 e. The normalized spacial score (nSPS) is 19.6. The van der Waals surface area contributed by atoms with Crippen LogP contribution < -0.4 is 4.90 Å². The first kappa shape index (κ1) is 19.5. The van der Waals surface area contributed by atoms with Gasteiger partial charge in [0, 0.05) is 74.2 Å². The molecule has 0 atom stereocenters. The van der Waals surface area contributed by atoms with Gasteiger partial charge in [0.1, 0.15) is 17.5 Å². The maximum atomic E-state index is 13.7. The molecule has 1 N–H and O–H groups in total. The Labute approximate surface area is 175 Å². The molecule has 0 saturated carbocycles. The Morgan fingerprint density at radius 2 is 1.63 bits per heavy atom. The Kier molecular flexibility index (Phi) is 5.16. The number of pyridine rings is 1. The van der Waals surface area contributed by atoms with Crippen LogP contribution in [0.25, 0.3) is 22.2 Å². The average molecular weight is 412 g/mol. The SMILES string of the molecule is CN1CCN(C2CCN(c3nccc4[nH]c(-c5cc(F)cc(F)c5)cc34)CC2)CC1. The molecule has 3 aromatic rings. The van der Waals surface area contributed by atoms with E-state index < -0.39 is 11.6 Å². The van der Waals surface area contributed by atoms with E-state index in [1.54, 1.807) is 6.20 Å². The molecule has 158 valence electrons. The monoisotopic (exact) mass is 411 g/mol. The molecule has 0 spiro atoms. The highest BCUT2D eigenvalue weighted by Gasteiger charge is 2.28. The molecular weight excluding hydrogens is 384 g/mol. The van der Waals surface area contributed by atoms with Gasteiger partial charge in [-0.3, -0.25) is 4.90 Å². The van der Waals surface area contributed by atoms with E-state index in [1.165, 1.54) is 12.1 Å². The van der Waals surface area contributed by atoms with Gasteiger partial charge in [0.15, 0.2) is 0 Å². The number of piperidine rings is 1. The van der Waals surface area contributed by atoms with Crippen molar-refractivity contribution in [2.75, 3.05) is 51.2 Å². The summed E-state index contributed by atoms with van der Waals surface area (Å²) in [6.07, 6.45) is 4.07. The Balaban J connectivity index is 1.36. The fraction of sp³-hybridized carbons (Fsp3) is 0.435. The molecule has 5 nitrogen and oxygen atoms in total. The van der Waals surface area contributed by atoms with Crippen LogP contribution in [-0.4, -0.2) is 72.1 Å². The van der Waals surface area contributed by atoms with Crippen LogP contribution >= 0.6 is 0 Å². The molecule has 0 radical (unpaired) electrons. The van der Waals surface area contributed by atoms with Gasteiger partial charge in [0.25, 0.3) is 0 Å². The zero-order valence-corrected chi connectivity index (χ0v) is 17.2. The largest absolute Gasteiger partial charge is 0.356 e. The first-order valence-corrected chi connectivity index (χ1v) is 10.7. The number of aromatic amines is 1. The number of hydrogen-bond donors (Lipinski definition) is 1. The molecule has 2 aliphatic rings. The lowest BCUT2D eigenvalue weighted by atomic mass is 10.0. The quantitative estimate of drug-likeness (QED) is 0.713. The molecule has 0 bridgehead atoms. The number of rotatable bonds is 3. The minimum Gasteiger partial charge on any atom is -0.356 e. The van der Waals surface area contributed by atoms with E-state index in [0.717, 1.165) is 74.9 Å². The van der Waals surface area contributed by atoms with E-state index >= 15 is 0 Å². The molecule has 5 rings (SSSR count). The number of fused-ring (bicyclic) bond motifs is 1. The van der Waals surface area contributed by atoms with Crippen molar-refractivity contribution in [3.05, 3.63) is 48.2 Å². The van der Waals surface area contributed by atoms with Gasteiger partial charge in [-0.1, -0.05) is 0 Å². The van der Waals surface area contributed by atoms with Gasteiger partial charge in [0.05, 0.1) is 5.52 Å². The Morgan fingerprint density at radius 1 is 0.933 bits per heavy atom. The molecule has 30 heavy (non-hydrogen) atoms. The first-order chi connectivity index (χ1) is 14.6. The van der Waals surface area contributed by atoms with Crippen molar-refractivity contribution in [1.82, 2.24) is 19.8 Å². The molecule has 2 fully saturated rings. The third-order valence-corrected chi connectivity index (χ3v) is 6.52. The third-order valence-electron chi connectivity index (χ3n) is 6.52. The number of H-pyrrole nitrogens is 1. The van der Waals surface area contributed by atoms with E-state index in [9.17, 15) is 8.78 Å². The third kappa shape index (κ3) is 3.79. The second-order valence-electron chi connectivity index (χ2n) is 8.49. The van der Waals surface area contributed by atoms with Crippen molar-refractivity contribution in [3.8, 4) is 11.3 Å². The van der Waals surface area contributed by atoms with Crippen LogP contribution in [-0.2, 0) is 0 Å². The summed E-state index contributed by atoms with van der Waals surface area (Å²) in [5.41, 5.74) is 2.13. The first-order valence-electron chi connectivity index (χ1n) is 10.7. The number of halogens is 2. The summed E-state index contributed by atoms with van der Waals surface area (Å²) >= 11 is 0. The predicted octanol–water partition coefficient (Wildman–Crippen LogP) is 3.72. The van der Waals surface area contributed by atoms with E-state index in [-0.39, 0.29) is 0 Å². The molecule has 2 aliphatic heterocycles. The number of nitrogens with zero attached hydrogens (tertiary/aromatic N) is 4. The fourth-order valence-corrected chi connectivity index (χ4v) is 4.79. The van der Waals surface area contributed by atoms with Crippen LogP contribution in [0.15, 0.2) is 36.5 Å². The summed E-state index contributed by atoms with van der Waals surface area (Å²) in [6.45, 7) is 6.54.